The highest BCUT2D eigenvalue weighted by atomic mass is 16.6. The molecule has 3 aliphatic rings. The molecule has 33 nitrogen and oxygen atoms in total. The van der Waals surface area contributed by atoms with Crippen LogP contribution in [0.5, 0.6) is 0 Å². The van der Waals surface area contributed by atoms with E-state index in [4.69, 9.17) is 39.5 Å². The smallest absolute Gasteiger partial charge is 0.355 e. The zero-order valence-electron chi connectivity index (χ0n) is 58.7. The van der Waals surface area contributed by atoms with Gasteiger partial charge in [-0.25, -0.2) is 14.6 Å². The third kappa shape index (κ3) is 22.0. The second-order valence-electron chi connectivity index (χ2n) is 25.5. The lowest BCUT2D eigenvalue weighted by Crippen LogP contribution is -2.57. The summed E-state index contributed by atoms with van der Waals surface area (Å²) in [6.45, 7) is 6.39. The summed E-state index contributed by atoms with van der Waals surface area (Å²) in [4.78, 5) is 192. The van der Waals surface area contributed by atoms with E-state index in [1.165, 1.54) is 38.0 Å². The second kappa shape index (κ2) is 38.4. The number of pyridine rings is 2. The summed E-state index contributed by atoms with van der Waals surface area (Å²) in [7, 11) is 5.41. The summed E-state index contributed by atoms with van der Waals surface area (Å²) in [5.74, 6) is -10.1. The fourth-order valence-corrected chi connectivity index (χ4v) is 11.9. The van der Waals surface area contributed by atoms with E-state index in [-0.39, 0.29) is 153 Å². The lowest BCUT2D eigenvalue weighted by molar-refractivity contribution is -0.191. The third-order valence-corrected chi connectivity index (χ3v) is 17.7. The number of benzene rings is 1. The average molecular weight is 1420 g/mol. The van der Waals surface area contributed by atoms with E-state index in [0.29, 0.717) is 50.0 Å². The fourth-order valence-electron chi connectivity index (χ4n) is 11.9. The summed E-state index contributed by atoms with van der Waals surface area (Å²) < 4.78 is 29.8. The van der Waals surface area contributed by atoms with Crippen molar-refractivity contribution in [3.05, 3.63) is 62.9 Å². The van der Waals surface area contributed by atoms with Gasteiger partial charge in [0.15, 0.2) is 0 Å². The van der Waals surface area contributed by atoms with Crippen LogP contribution in [0, 0.1) is 5.92 Å². The summed E-state index contributed by atoms with van der Waals surface area (Å²) in [6.07, 6.45) is 1.69. The van der Waals surface area contributed by atoms with Crippen LogP contribution in [0.3, 0.4) is 0 Å². The summed E-state index contributed by atoms with van der Waals surface area (Å²) in [6, 6.07) is 4.44. The molecule has 8 N–H and O–H groups in total. The highest BCUT2D eigenvalue weighted by molar-refractivity contribution is 5.97. The largest absolute Gasteiger partial charge is 0.481 e. The second-order valence-corrected chi connectivity index (χ2v) is 25.5. The molecule has 0 bridgehead atoms. The zero-order chi connectivity index (χ0) is 74.3. The number of carbonyl (C=O) groups excluding carboxylic acids is 11. The Kier molecular flexibility index (Phi) is 30.6. The van der Waals surface area contributed by atoms with Gasteiger partial charge in [0.05, 0.1) is 101 Å². The minimum atomic E-state index is -2.08. The number of carbonyl (C=O) groups is 13. The van der Waals surface area contributed by atoms with Crippen molar-refractivity contribution in [1.29, 1.82) is 0 Å². The molecule has 0 unspecified atom stereocenters. The van der Waals surface area contributed by atoms with E-state index < -0.39 is 114 Å². The van der Waals surface area contributed by atoms with Gasteiger partial charge in [0.1, 0.15) is 31.3 Å². The van der Waals surface area contributed by atoms with Crippen molar-refractivity contribution in [1.82, 2.24) is 55.3 Å². The number of carboxylic acids is 2. The molecule has 9 amide bonds. The van der Waals surface area contributed by atoms with Crippen LogP contribution in [0.2, 0.25) is 0 Å². The number of unbranched alkanes of at least 4 members (excludes halogenated alkanes) is 1. The molecule has 5 heterocycles. The lowest BCUT2D eigenvalue weighted by Gasteiger charge is -2.37. The number of cyclic esters (lactones) is 1. The number of amides is 9. The first-order valence-corrected chi connectivity index (χ1v) is 33.9. The molecule has 1 saturated heterocycles. The van der Waals surface area contributed by atoms with Crippen LogP contribution >= 0.6 is 0 Å². The third-order valence-electron chi connectivity index (χ3n) is 17.7. The van der Waals surface area contributed by atoms with E-state index in [1.807, 2.05) is 31.2 Å². The van der Waals surface area contributed by atoms with Crippen molar-refractivity contribution in [3.63, 3.8) is 0 Å². The van der Waals surface area contributed by atoms with Crippen LogP contribution in [0.25, 0.3) is 22.3 Å². The molecule has 3 aromatic rings. The van der Waals surface area contributed by atoms with Crippen LogP contribution in [-0.2, 0) is 111 Å². The Morgan fingerprint density at radius 3 is 1.97 bits per heavy atom. The number of carboxylic acid groups (broad SMARTS) is 2. The minimum absolute atomic E-state index is 0.00935. The van der Waals surface area contributed by atoms with E-state index >= 15 is 0 Å². The quantitative estimate of drug-likeness (QED) is 0.0218. The lowest BCUT2D eigenvalue weighted by atomic mass is 9.85. The van der Waals surface area contributed by atoms with Gasteiger partial charge in [0.25, 0.3) is 5.56 Å². The first-order valence-electron chi connectivity index (χ1n) is 33.9. The van der Waals surface area contributed by atoms with Gasteiger partial charge in [-0.05, 0) is 75.0 Å². The predicted octanol–water partition coefficient (Wildman–Crippen LogP) is -0.457. The Hall–Kier alpha value is -9.47. The molecular formula is C68H96N12O21. The topological polar surface area (TPSA) is 434 Å². The Balaban J connectivity index is 0.819. The number of ether oxygens (including phenoxy) is 5. The zero-order valence-corrected chi connectivity index (χ0v) is 58.7. The molecule has 6 rings (SSSR count). The number of hydrogen-bond acceptors (Lipinski definition) is 21. The van der Waals surface area contributed by atoms with Gasteiger partial charge >= 0.3 is 23.9 Å². The number of rotatable bonds is 41. The molecule has 1 fully saturated rings. The minimum Gasteiger partial charge on any atom is -0.481 e. The van der Waals surface area contributed by atoms with E-state index in [2.05, 4.69) is 21.3 Å². The molecular weight excluding hydrogens is 1320 g/mol. The van der Waals surface area contributed by atoms with Crippen LogP contribution in [0.1, 0.15) is 121 Å². The number of nitrogens with zero attached hydrogens (tertiary/aromatic N) is 7. The number of nitrogens with one attached hydrogen (secondary N) is 4. The van der Waals surface area contributed by atoms with Gasteiger partial charge < -0.3 is 90.0 Å². The maximum Gasteiger partial charge on any atom is 0.355 e. The maximum absolute atomic E-state index is 14.4. The highest BCUT2D eigenvalue weighted by Gasteiger charge is 2.52. The van der Waals surface area contributed by atoms with Crippen molar-refractivity contribution in [2.45, 2.75) is 148 Å². The molecule has 0 spiro atoms. The van der Waals surface area contributed by atoms with Crippen LogP contribution in [-0.4, -0.2) is 259 Å². The van der Waals surface area contributed by atoms with Gasteiger partial charge in [0, 0.05) is 83.6 Å². The molecule has 1 aromatic carbocycles. The Morgan fingerprint density at radius 1 is 0.723 bits per heavy atom. The van der Waals surface area contributed by atoms with Gasteiger partial charge in [-0.2, -0.15) is 0 Å². The van der Waals surface area contributed by atoms with Crippen molar-refractivity contribution >= 4 is 87.9 Å². The number of aromatic nitrogens is 2. The standard InChI is InChI=1S/C68H96N12O21/c1-9-42-43-17-11-12-19-48(43)73-61-44(42)35-80-51(61)33-46-45(64(80)93)40-100-67(96)68(46,10-2)101-66(95)60(41(3)4)74-63(92)50-20-16-26-79(50)65(94)49(34-58(87)88)72-53(82)23-27-97-29-31-99-32-30-98-28-25-71-62(91)47(69)18-13-14-24-70-52(81)21-15-22-54(83)75(5)36-55(84)76(6)37-56(85)77(7)38-57(86)78(8)39-59(89)90/h11-12,17,19,33,41,47,49-50,60H,9-10,13-16,18,20-32,34-40,69H2,1-8H3,(H,70,81)(H,71,91)(H,72,82)(H,74,92)(H,87,88)(H,89,90)/t47-,49-,50-,60-,68-/m0/s1. The molecule has 2 aromatic heterocycles. The molecule has 554 valence electrons. The molecule has 33 heteroatoms. The van der Waals surface area contributed by atoms with E-state index in [9.17, 15) is 72.2 Å². The first-order chi connectivity index (χ1) is 48.0. The Bertz CT molecular complexity index is 3600. The molecule has 101 heavy (non-hydrogen) atoms. The van der Waals surface area contributed by atoms with Crippen molar-refractivity contribution in [2.75, 3.05) is 114 Å². The maximum atomic E-state index is 14.4. The number of hydrogen-bond donors (Lipinski definition) is 7. The number of esters is 2. The summed E-state index contributed by atoms with van der Waals surface area (Å²) in [5, 5.41) is 30.2. The fraction of sp³-hybridized carbons (Fsp3) is 0.603. The summed E-state index contributed by atoms with van der Waals surface area (Å²) >= 11 is 0. The Morgan fingerprint density at radius 2 is 1.35 bits per heavy atom. The van der Waals surface area contributed by atoms with Gasteiger partial charge in [-0.3, -0.25) is 57.5 Å². The predicted molar refractivity (Wildman–Crippen MR) is 360 cm³/mol. The van der Waals surface area contributed by atoms with Gasteiger partial charge in [-0.1, -0.05) is 45.9 Å². The van der Waals surface area contributed by atoms with Gasteiger partial charge in [-0.15, -0.1) is 0 Å². The summed E-state index contributed by atoms with van der Waals surface area (Å²) in [5.41, 5.74) is 7.51. The number of nitrogens with two attached hydrogens (primary N) is 1. The monoisotopic (exact) mass is 1420 g/mol. The number of aliphatic carboxylic acids is 2. The van der Waals surface area contributed by atoms with E-state index in [0.717, 1.165) is 36.7 Å². The molecule has 3 aliphatic heterocycles. The molecule has 5 atom stereocenters. The number of fused-ring (bicyclic) bond motifs is 5. The number of likely N-dealkylation sites (tertiary alicyclic amines) is 1. The molecule has 0 radical (unpaired) electrons. The average Bonchev–Trinajstić information content (AvgIpc) is 1.63. The molecule has 0 saturated carbocycles. The highest BCUT2D eigenvalue weighted by Crippen LogP contribution is 2.42. The SMILES string of the molecule is CCc1c2c(nc3ccccc13)-c1cc3c(c(=O)n1C2)COC(=O)[C@@]3(CC)OC(=O)[C@@H](NC(=O)[C@@H]1CCCN1C(=O)[C@H](CC(=O)O)NC(=O)CCOCCOCCOCCNC(=O)[C@@H](N)CCCCNC(=O)CCCC(=O)N(C)CC(=O)N(C)CC(=O)N(C)CC(=O)N(C)CC(=O)O)C(C)C. The molecule has 0 aliphatic carbocycles. The van der Waals surface area contributed by atoms with Crippen LogP contribution < -0.4 is 32.6 Å². The number of para-hydroxylation sites is 1. The first kappa shape index (κ1) is 80.5. The Labute approximate surface area is 584 Å². The van der Waals surface area contributed by atoms with Gasteiger partial charge in [0.2, 0.25) is 58.8 Å². The van der Waals surface area contributed by atoms with Crippen molar-refractivity contribution in [3.8, 4) is 11.4 Å². The number of aryl methyl sites for hydroxylation is 1. The van der Waals surface area contributed by atoms with Crippen LogP contribution in [0.15, 0.2) is 35.1 Å². The van der Waals surface area contributed by atoms with E-state index in [1.54, 1.807) is 31.4 Å². The number of likely N-dealkylation sites (N-methyl/N-ethyl adjacent to an activating group) is 4. The van der Waals surface area contributed by atoms with Crippen molar-refractivity contribution in [2.24, 2.45) is 11.7 Å². The van der Waals surface area contributed by atoms with Crippen LogP contribution in [0.4, 0.5) is 0 Å². The normalized spacial score (nSPS) is 16.0. The van der Waals surface area contributed by atoms with Crippen molar-refractivity contribution < 1.29 is 96.2 Å².